The van der Waals surface area contributed by atoms with E-state index in [0.717, 1.165) is 19.3 Å². The number of sulfonamides is 1. The summed E-state index contributed by atoms with van der Waals surface area (Å²) in [6.45, 7) is 7.49. The molecular formula is C15H26N2O2S. The molecule has 1 aromatic rings. The Kier molecular flexibility index (Phi) is 7.02. The molecule has 0 fully saturated rings. The number of anilines is 1. The zero-order valence-electron chi connectivity index (χ0n) is 12.6. The summed E-state index contributed by atoms with van der Waals surface area (Å²) in [5.74, 6) is 0.668. The summed E-state index contributed by atoms with van der Waals surface area (Å²) in [4.78, 5) is 0.325. The van der Waals surface area contributed by atoms with Gasteiger partial charge in [-0.1, -0.05) is 38.8 Å². The van der Waals surface area contributed by atoms with Crippen molar-refractivity contribution in [3.05, 3.63) is 24.3 Å². The van der Waals surface area contributed by atoms with E-state index in [4.69, 9.17) is 0 Å². The monoisotopic (exact) mass is 298 g/mol. The number of hydrogen-bond acceptors (Lipinski definition) is 3. The Balaban J connectivity index is 2.60. The third kappa shape index (κ3) is 5.51. The van der Waals surface area contributed by atoms with Crippen LogP contribution in [0.4, 0.5) is 5.69 Å². The van der Waals surface area contributed by atoms with Crippen LogP contribution < -0.4 is 10.0 Å². The molecule has 2 N–H and O–H groups in total. The van der Waals surface area contributed by atoms with Crippen LogP contribution in [0.5, 0.6) is 0 Å². The Morgan fingerprint density at radius 3 is 2.50 bits per heavy atom. The third-order valence-electron chi connectivity index (χ3n) is 3.04. The van der Waals surface area contributed by atoms with Gasteiger partial charge in [0.25, 0.3) is 0 Å². The summed E-state index contributed by atoms with van der Waals surface area (Å²) in [6, 6.07) is 7.00. The van der Waals surface area contributed by atoms with Gasteiger partial charge in [-0.2, -0.15) is 0 Å². The van der Waals surface area contributed by atoms with Crippen LogP contribution in [0.1, 0.15) is 40.0 Å². The maximum atomic E-state index is 12.3. The molecule has 114 valence electrons. The molecule has 0 amide bonds. The van der Waals surface area contributed by atoms with Gasteiger partial charge in [0.05, 0.1) is 5.69 Å². The van der Waals surface area contributed by atoms with Crippen molar-refractivity contribution in [1.82, 2.24) is 4.72 Å². The molecule has 0 bridgehead atoms. The molecule has 0 spiro atoms. The van der Waals surface area contributed by atoms with Gasteiger partial charge in [-0.15, -0.1) is 0 Å². The second kappa shape index (κ2) is 8.27. The molecule has 0 saturated carbocycles. The van der Waals surface area contributed by atoms with Crippen molar-refractivity contribution >= 4 is 15.7 Å². The summed E-state index contributed by atoms with van der Waals surface area (Å²) in [5.41, 5.74) is 0.657. The van der Waals surface area contributed by atoms with Crippen LogP contribution in [-0.4, -0.2) is 21.5 Å². The first kappa shape index (κ1) is 17.0. The maximum absolute atomic E-state index is 12.3. The highest BCUT2D eigenvalue weighted by atomic mass is 32.2. The lowest BCUT2D eigenvalue weighted by atomic mass is 10.1. The predicted octanol–water partition coefficient (Wildman–Crippen LogP) is 3.22. The number of para-hydroxylation sites is 1. The fraction of sp³-hybridized carbons (Fsp3) is 0.600. The van der Waals surface area contributed by atoms with E-state index in [0.29, 0.717) is 29.6 Å². The van der Waals surface area contributed by atoms with Gasteiger partial charge < -0.3 is 5.32 Å². The van der Waals surface area contributed by atoms with Gasteiger partial charge in [-0.05, 0) is 31.4 Å². The van der Waals surface area contributed by atoms with Crippen LogP contribution in [0, 0.1) is 5.92 Å². The van der Waals surface area contributed by atoms with Crippen LogP contribution in [-0.2, 0) is 10.0 Å². The van der Waals surface area contributed by atoms with Crippen molar-refractivity contribution in [1.29, 1.82) is 0 Å². The maximum Gasteiger partial charge on any atom is 0.242 e. The second-order valence-electron chi connectivity index (χ2n) is 5.31. The molecule has 0 aliphatic carbocycles. The average molecular weight is 298 g/mol. The minimum absolute atomic E-state index is 0.325. The molecule has 1 rings (SSSR count). The molecule has 4 nitrogen and oxygen atoms in total. The van der Waals surface area contributed by atoms with Crippen molar-refractivity contribution in [3.8, 4) is 0 Å². The first-order valence-corrected chi connectivity index (χ1v) is 8.78. The van der Waals surface area contributed by atoms with E-state index in [2.05, 4.69) is 23.9 Å². The normalized spacial score (nSPS) is 11.8. The lowest BCUT2D eigenvalue weighted by Crippen LogP contribution is -2.25. The van der Waals surface area contributed by atoms with Crippen molar-refractivity contribution in [3.63, 3.8) is 0 Å². The topological polar surface area (TPSA) is 58.2 Å². The standard InChI is InChI=1S/C15H26N2O2S/c1-4-16-14-10-5-6-11-15(14)20(18,19)17-12-8-7-9-13(2)3/h5-6,10-11,13,16-17H,4,7-9,12H2,1-3H3. The summed E-state index contributed by atoms with van der Waals surface area (Å²) < 4.78 is 27.2. The summed E-state index contributed by atoms with van der Waals surface area (Å²) in [7, 11) is -3.43. The van der Waals surface area contributed by atoms with Gasteiger partial charge in [0.1, 0.15) is 4.90 Å². The molecular weight excluding hydrogens is 272 g/mol. The quantitative estimate of drug-likeness (QED) is 0.688. The van der Waals surface area contributed by atoms with Crippen LogP contribution in [0.15, 0.2) is 29.2 Å². The van der Waals surface area contributed by atoms with E-state index in [9.17, 15) is 8.42 Å². The Bertz CT molecular complexity index is 498. The van der Waals surface area contributed by atoms with E-state index in [1.54, 1.807) is 18.2 Å². The smallest absolute Gasteiger partial charge is 0.242 e. The fourth-order valence-corrected chi connectivity index (χ4v) is 3.26. The van der Waals surface area contributed by atoms with Gasteiger partial charge >= 0.3 is 0 Å². The highest BCUT2D eigenvalue weighted by molar-refractivity contribution is 7.89. The zero-order chi connectivity index (χ0) is 15.0. The van der Waals surface area contributed by atoms with Crippen molar-refractivity contribution in [2.24, 2.45) is 5.92 Å². The lowest BCUT2D eigenvalue weighted by Gasteiger charge is -2.12. The lowest BCUT2D eigenvalue weighted by molar-refractivity contribution is 0.530. The molecule has 1 aromatic carbocycles. The summed E-state index contributed by atoms with van der Waals surface area (Å²) >= 11 is 0. The van der Waals surface area contributed by atoms with E-state index >= 15 is 0 Å². The minimum atomic E-state index is -3.43. The highest BCUT2D eigenvalue weighted by Crippen LogP contribution is 2.20. The number of benzene rings is 1. The number of unbranched alkanes of at least 4 members (excludes halogenated alkanes) is 1. The van der Waals surface area contributed by atoms with Gasteiger partial charge in [0.2, 0.25) is 10.0 Å². The first-order chi connectivity index (χ1) is 9.47. The molecule has 0 heterocycles. The van der Waals surface area contributed by atoms with E-state index < -0.39 is 10.0 Å². The Morgan fingerprint density at radius 2 is 1.85 bits per heavy atom. The van der Waals surface area contributed by atoms with Crippen molar-refractivity contribution in [2.75, 3.05) is 18.4 Å². The molecule has 20 heavy (non-hydrogen) atoms. The van der Waals surface area contributed by atoms with Crippen LogP contribution >= 0.6 is 0 Å². The van der Waals surface area contributed by atoms with Gasteiger partial charge in [0, 0.05) is 13.1 Å². The molecule has 0 aliphatic heterocycles. The minimum Gasteiger partial charge on any atom is -0.384 e. The number of rotatable bonds is 9. The molecule has 5 heteroatoms. The SMILES string of the molecule is CCNc1ccccc1S(=O)(=O)NCCCCC(C)C. The largest absolute Gasteiger partial charge is 0.384 e. The molecule has 0 aliphatic rings. The Morgan fingerprint density at radius 1 is 1.15 bits per heavy atom. The van der Waals surface area contributed by atoms with Crippen molar-refractivity contribution in [2.45, 2.75) is 44.9 Å². The van der Waals surface area contributed by atoms with Gasteiger partial charge in [0.15, 0.2) is 0 Å². The zero-order valence-corrected chi connectivity index (χ0v) is 13.5. The van der Waals surface area contributed by atoms with Crippen molar-refractivity contribution < 1.29 is 8.42 Å². The molecule has 0 unspecified atom stereocenters. The molecule has 0 radical (unpaired) electrons. The number of hydrogen-bond donors (Lipinski definition) is 2. The summed E-state index contributed by atoms with van der Waals surface area (Å²) in [5, 5.41) is 3.08. The first-order valence-electron chi connectivity index (χ1n) is 7.30. The molecule has 0 saturated heterocycles. The molecule has 0 atom stereocenters. The summed E-state index contributed by atoms with van der Waals surface area (Å²) in [6.07, 6.45) is 3.06. The van der Waals surface area contributed by atoms with Crippen LogP contribution in [0.2, 0.25) is 0 Å². The van der Waals surface area contributed by atoms with Gasteiger partial charge in [-0.25, -0.2) is 13.1 Å². The van der Waals surface area contributed by atoms with Crippen LogP contribution in [0.25, 0.3) is 0 Å². The Hall–Kier alpha value is -1.07. The second-order valence-corrected chi connectivity index (χ2v) is 7.05. The average Bonchev–Trinajstić information content (AvgIpc) is 2.38. The van der Waals surface area contributed by atoms with E-state index in [1.165, 1.54) is 0 Å². The Labute approximate surface area is 123 Å². The van der Waals surface area contributed by atoms with E-state index in [1.807, 2.05) is 13.0 Å². The third-order valence-corrected chi connectivity index (χ3v) is 4.56. The number of nitrogens with one attached hydrogen (secondary N) is 2. The predicted molar refractivity (Wildman–Crippen MR) is 84.5 cm³/mol. The molecule has 0 aromatic heterocycles. The highest BCUT2D eigenvalue weighted by Gasteiger charge is 2.16. The van der Waals surface area contributed by atoms with E-state index in [-0.39, 0.29) is 0 Å². The van der Waals surface area contributed by atoms with Gasteiger partial charge in [-0.3, -0.25) is 0 Å². The van der Waals surface area contributed by atoms with Crippen LogP contribution in [0.3, 0.4) is 0 Å². The fourth-order valence-electron chi connectivity index (χ4n) is 2.00.